The van der Waals surface area contributed by atoms with Gasteiger partial charge in [-0.05, 0) is 52.0 Å². The summed E-state index contributed by atoms with van der Waals surface area (Å²) in [6.45, 7) is 7.93. The first-order chi connectivity index (χ1) is 8.13. The molecule has 0 aliphatic heterocycles. The zero-order chi connectivity index (χ0) is 12.8. The molecule has 0 aromatic carbocycles. The number of carbonyl (C=O) groups excluding carboxylic acids is 1. The maximum atomic E-state index is 12.5. The third-order valence-corrected chi connectivity index (χ3v) is 4.21. The fraction of sp³-hybridized carbons (Fsp3) is 0.929. The number of nitrogens with zero attached hydrogens (tertiary/aromatic N) is 1. The summed E-state index contributed by atoms with van der Waals surface area (Å²) in [6.07, 6.45) is 5.46. The number of rotatable bonds is 5. The smallest absolute Gasteiger partial charge is 0.225 e. The zero-order valence-corrected chi connectivity index (χ0v) is 11.6. The van der Waals surface area contributed by atoms with Crippen LogP contribution in [0.1, 0.15) is 52.9 Å². The number of amides is 1. The van der Waals surface area contributed by atoms with Gasteiger partial charge in [-0.25, -0.2) is 0 Å². The lowest BCUT2D eigenvalue weighted by atomic mass is 9.80. The third-order valence-electron chi connectivity index (χ3n) is 4.21. The van der Waals surface area contributed by atoms with Gasteiger partial charge in [0.1, 0.15) is 0 Å². The van der Waals surface area contributed by atoms with Crippen LogP contribution in [0.2, 0.25) is 0 Å². The molecule has 3 nitrogen and oxygen atoms in total. The maximum Gasteiger partial charge on any atom is 0.225 e. The van der Waals surface area contributed by atoms with Crippen molar-refractivity contribution >= 4 is 5.91 Å². The first-order valence-electron chi connectivity index (χ1n) is 7.14. The first-order valence-corrected chi connectivity index (χ1v) is 7.14. The highest BCUT2D eigenvalue weighted by Gasteiger charge is 2.30. The minimum Gasteiger partial charge on any atom is -0.340 e. The van der Waals surface area contributed by atoms with Gasteiger partial charge < -0.3 is 10.6 Å². The van der Waals surface area contributed by atoms with Gasteiger partial charge in [-0.2, -0.15) is 0 Å². The van der Waals surface area contributed by atoms with Crippen LogP contribution in [0.5, 0.6) is 0 Å². The second kappa shape index (κ2) is 7.00. The number of hydrogen-bond donors (Lipinski definition) is 1. The van der Waals surface area contributed by atoms with E-state index in [0.29, 0.717) is 17.9 Å². The Hall–Kier alpha value is -0.570. The van der Waals surface area contributed by atoms with Gasteiger partial charge in [-0.3, -0.25) is 4.79 Å². The van der Waals surface area contributed by atoms with Crippen molar-refractivity contribution in [3.63, 3.8) is 0 Å². The summed E-state index contributed by atoms with van der Waals surface area (Å²) in [7, 11) is 0. The molecule has 17 heavy (non-hydrogen) atoms. The molecule has 0 saturated heterocycles. The molecule has 2 N–H and O–H groups in total. The molecule has 1 saturated carbocycles. The molecule has 0 spiro atoms. The van der Waals surface area contributed by atoms with Crippen LogP contribution < -0.4 is 5.73 Å². The monoisotopic (exact) mass is 240 g/mol. The molecule has 0 radical (unpaired) electrons. The van der Waals surface area contributed by atoms with Gasteiger partial charge in [0.2, 0.25) is 5.91 Å². The maximum absolute atomic E-state index is 12.5. The lowest BCUT2D eigenvalue weighted by Crippen LogP contribution is -2.43. The van der Waals surface area contributed by atoms with Crippen molar-refractivity contribution in [1.29, 1.82) is 0 Å². The summed E-state index contributed by atoms with van der Waals surface area (Å²) < 4.78 is 0. The third kappa shape index (κ3) is 3.70. The molecule has 3 unspecified atom stereocenters. The van der Waals surface area contributed by atoms with E-state index in [-0.39, 0.29) is 5.92 Å². The van der Waals surface area contributed by atoms with E-state index in [1.54, 1.807) is 0 Å². The molecule has 0 heterocycles. The normalized spacial score (nSPS) is 26.6. The molecule has 0 aromatic heterocycles. The summed E-state index contributed by atoms with van der Waals surface area (Å²) in [5, 5.41) is 0. The highest BCUT2D eigenvalue weighted by Crippen LogP contribution is 2.30. The predicted octanol–water partition coefficient (Wildman–Crippen LogP) is 2.40. The SMILES string of the molecule is CCC(C)N(CC)C(=O)C1CCCC(CN)C1. The van der Waals surface area contributed by atoms with Crippen molar-refractivity contribution in [2.75, 3.05) is 13.1 Å². The van der Waals surface area contributed by atoms with Crippen molar-refractivity contribution < 1.29 is 4.79 Å². The standard InChI is InChI=1S/C14H28N2O/c1-4-11(3)16(5-2)14(17)13-8-6-7-12(9-13)10-15/h11-13H,4-10,15H2,1-3H3. The van der Waals surface area contributed by atoms with E-state index in [2.05, 4.69) is 20.8 Å². The highest BCUT2D eigenvalue weighted by molar-refractivity contribution is 5.79. The minimum atomic E-state index is 0.228. The van der Waals surface area contributed by atoms with Crippen molar-refractivity contribution in [3.8, 4) is 0 Å². The van der Waals surface area contributed by atoms with E-state index in [9.17, 15) is 4.79 Å². The minimum absolute atomic E-state index is 0.228. The molecule has 1 amide bonds. The number of carbonyl (C=O) groups is 1. The van der Waals surface area contributed by atoms with Crippen LogP contribution in [0, 0.1) is 11.8 Å². The fourth-order valence-electron chi connectivity index (χ4n) is 2.87. The molecule has 1 aliphatic rings. The van der Waals surface area contributed by atoms with E-state index >= 15 is 0 Å². The Morgan fingerprint density at radius 3 is 2.65 bits per heavy atom. The molecule has 1 aliphatic carbocycles. The van der Waals surface area contributed by atoms with Gasteiger partial charge in [0.25, 0.3) is 0 Å². The Kier molecular flexibility index (Phi) is 5.96. The molecule has 1 fully saturated rings. The molecule has 0 aromatic rings. The van der Waals surface area contributed by atoms with Gasteiger partial charge in [-0.15, -0.1) is 0 Å². The predicted molar refractivity (Wildman–Crippen MR) is 71.6 cm³/mol. The van der Waals surface area contributed by atoms with Crippen LogP contribution in [-0.4, -0.2) is 29.9 Å². The van der Waals surface area contributed by atoms with Crippen LogP contribution in [0.25, 0.3) is 0 Å². The summed E-state index contributed by atoms with van der Waals surface area (Å²) in [5.74, 6) is 1.15. The second-order valence-corrected chi connectivity index (χ2v) is 5.35. The average molecular weight is 240 g/mol. The number of nitrogens with two attached hydrogens (primary N) is 1. The van der Waals surface area contributed by atoms with Crippen molar-refractivity contribution in [3.05, 3.63) is 0 Å². The molecule has 0 bridgehead atoms. The van der Waals surface area contributed by atoms with E-state index in [0.717, 1.165) is 38.8 Å². The zero-order valence-electron chi connectivity index (χ0n) is 11.6. The summed E-state index contributed by atoms with van der Waals surface area (Å²) in [5.41, 5.74) is 5.74. The van der Waals surface area contributed by atoms with E-state index < -0.39 is 0 Å². The van der Waals surface area contributed by atoms with Crippen LogP contribution in [0.3, 0.4) is 0 Å². The Labute approximate surface area is 106 Å². The van der Waals surface area contributed by atoms with Crippen LogP contribution >= 0.6 is 0 Å². The molecule has 1 rings (SSSR count). The van der Waals surface area contributed by atoms with Crippen molar-refractivity contribution in [1.82, 2.24) is 4.90 Å². The summed E-state index contributed by atoms with van der Waals surface area (Å²) in [6, 6.07) is 0.366. The van der Waals surface area contributed by atoms with Gasteiger partial charge in [0, 0.05) is 18.5 Å². The molecular formula is C14H28N2O. The van der Waals surface area contributed by atoms with Crippen molar-refractivity contribution in [2.45, 2.75) is 58.9 Å². The van der Waals surface area contributed by atoms with Crippen molar-refractivity contribution in [2.24, 2.45) is 17.6 Å². The topological polar surface area (TPSA) is 46.3 Å². The van der Waals surface area contributed by atoms with E-state index in [1.165, 1.54) is 6.42 Å². The quantitative estimate of drug-likeness (QED) is 0.802. The van der Waals surface area contributed by atoms with E-state index in [4.69, 9.17) is 5.73 Å². The Morgan fingerprint density at radius 1 is 1.41 bits per heavy atom. The Bertz CT molecular complexity index is 242. The lowest BCUT2D eigenvalue weighted by Gasteiger charge is -2.34. The van der Waals surface area contributed by atoms with Crippen LogP contribution in [0.15, 0.2) is 0 Å². The van der Waals surface area contributed by atoms with Gasteiger partial charge in [-0.1, -0.05) is 13.3 Å². The van der Waals surface area contributed by atoms with Gasteiger partial charge in [0.15, 0.2) is 0 Å². The lowest BCUT2D eigenvalue weighted by molar-refractivity contribution is -0.139. The summed E-state index contributed by atoms with van der Waals surface area (Å²) in [4.78, 5) is 14.5. The highest BCUT2D eigenvalue weighted by atomic mass is 16.2. The Morgan fingerprint density at radius 2 is 2.12 bits per heavy atom. The molecular weight excluding hydrogens is 212 g/mol. The molecule has 3 heteroatoms. The summed E-state index contributed by atoms with van der Waals surface area (Å²) >= 11 is 0. The molecule has 100 valence electrons. The van der Waals surface area contributed by atoms with Gasteiger partial charge in [0.05, 0.1) is 0 Å². The van der Waals surface area contributed by atoms with Crippen LogP contribution in [0.4, 0.5) is 0 Å². The fourth-order valence-corrected chi connectivity index (χ4v) is 2.87. The Balaban J connectivity index is 2.60. The van der Waals surface area contributed by atoms with Gasteiger partial charge >= 0.3 is 0 Å². The van der Waals surface area contributed by atoms with Crippen LogP contribution in [-0.2, 0) is 4.79 Å². The molecule has 3 atom stereocenters. The average Bonchev–Trinajstić information content (AvgIpc) is 2.39. The first kappa shape index (κ1) is 14.5. The number of hydrogen-bond acceptors (Lipinski definition) is 2. The second-order valence-electron chi connectivity index (χ2n) is 5.35. The van der Waals surface area contributed by atoms with E-state index in [1.807, 2.05) is 4.90 Å². The largest absolute Gasteiger partial charge is 0.340 e.